The van der Waals surface area contributed by atoms with Crippen LogP contribution in [0.25, 0.3) is 11.3 Å². The second kappa shape index (κ2) is 4.58. The summed E-state index contributed by atoms with van der Waals surface area (Å²) in [5.41, 5.74) is 1.13. The maximum absolute atomic E-state index is 11.1. The number of nitrogens with zero attached hydrogens (tertiary/aromatic N) is 2. The van der Waals surface area contributed by atoms with Crippen molar-refractivity contribution in [3.8, 4) is 11.3 Å². The lowest BCUT2D eigenvalue weighted by Gasteiger charge is -2.04. The lowest BCUT2D eigenvalue weighted by Crippen LogP contribution is -2.08. The molecule has 0 amide bonds. The predicted octanol–water partition coefficient (Wildman–Crippen LogP) is 2.31. The average molecular weight is 266 g/mol. The van der Waals surface area contributed by atoms with Crippen LogP contribution in [-0.2, 0) is 0 Å². The summed E-state index contributed by atoms with van der Waals surface area (Å²) in [4.78, 5) is 21.3. The first-order chi connectivity index (χ1) is 8.49. The molecule has 0 fully saturated rings. The molecule has 1 heterocycles. The number of H-pyrrole nitrogens is 1. The van der Waals surface area contributed by atoms with E-state index >= 15 is 0 Å². The van der Waals surface area contributed by atoms with Crippen molar-refractivity contribution < 1.29 is 4.92 Å². The molecule has 92 valence electrons. The van der Waals surface area contributed by atoms with E-state index in [0.717, 1.165) is 0 Å². The topological polar surface area (TPSA) is 88.9 Å². The van der Waals surface area contributed by atoms with Gasteiger partial charge in [0.2, 0.25) is 0 Å². The summed E-state index contributed by atoms with van der Waals surface area (Å²) in [5, 5.41) is 17.0. The molecule has 0 saturated heterocycles. The number of aromatic nitrogens is 2. The highest BCUT2D eigenvalue weighted by Crippen LogP contribution is 2.30. The van der Waals surface area contributed by atoms with Gasteiger partial charge < -0.3 is 0 Å². The maximum Gasteiger partial charge on any atom is 0.288 e. The summed E-state index contributed by atoms with van der Waals surface area (Å²) >= 11 is 5.72. The van der Waals surface area contributed by atoms with Crippen molar-refractivity contribution in [3.63, 3.8) is 0 Å². The number of hydrogen-bond acceptors (Lipinski definition) is 4. The second-order valence-electron chi connectivity index (χ2n) is 3.69. The fraction of sp³-hybridized carbons (Fsp3) is 0.0909. The number of aryl methyl sites for hydroxylation is 1. The Labute approximate surface area is 106 Å². The molecule has 0 aliphatic rings. The first-order valence-electron chi connectivity index (χ1n) is 4.99. The minimum atomic E-state index is -0.563. The highest BCUT2D eigenvalue weighted by molar-refractivity contribution is 6.32. The van der Waals surface area contributed by atoms with Gasteiger partial charge in [-0.25, -0.2) is 5.10 Å². The van der Waals surface area contributed by atoms with E-state index < -0.39 is 4.92 Å². The van der Waals surface area contributed by atoms with E-state index in [2.05, 4.69) is 10.2 Å². The first-order valence-corrected chi connectivity index (χ1v) is 5.37. The van der Waals surface area contributed by atoms with Gasteiger partial charge in [0.25, 0.3) is 11.2 Å². The second-order valence-corrected chi connectivity index (χ2v) is 4.09. The summed E-state index contributed by atoms with van der Waals surface area (Å²) in [6.07, 6.45) is 0. The molecule has 6 nitrogen and oxygen atoms in total. The van der Waals surface area contributed by atoms with Gasteiger partial charge in [0, 0.05) is 17.7 Å². The fourth-order valence-electron chi connectivity index (χ4n) is 1.59. The summed E-state index contributed by atoms with van der Waals surface area (Å²) in [6.45, 7) is 1.71. The molecule has 1 aromatic heterocycles. The van der Waals surface area contributed by atoms with Crippen molar-refractivity contribution in [2.75, 3.05) is 0 Å². The van der Waals surface area contributed by atoms with E-state index in [1.807, 2.05) is 0 Å². The minimum Gasteiger partial charge on any atom is -0.268 e. The summed E-state index contributed by atoms with van der Waals surface area (Å²) in [7, 11) is 0. The summed E-state index contributed by atoms with van der Waals surface area (Å²) < 4.78 is 0. The number of rotatable bonds is 2. The van der Waals surface area contributed by atoms with Gasteiger partial charge in [-0.2, -0.15) is 5.10 Å². The molecule has 1 aromatic carbocycles. The Balaban J connectivity index is 2.61. The number of nitro groups is 1. The number of hydrogen-bond donors (Lipinski definition) is 1. The minimum absolute atomic E-state index is 0.0610. The molecule has 1 N–H and O–H groups in total. The van der Waals surface area contributed by atoms with Crippen LogP contribution < -0.4 is 5.56 Å². The molecule has 0 saturated carbocycles. The third kappa shape index (κ3) is 2.23. The van der Waals surface area contributed by atoms with Crippen LogP contribution in [0.1, 0.15) is 5.56 Å². The largest absolute Gasteiger partial charge is 0.288 e. The van der Waals surface area contributed by atoms with E-state index in [1.54, 1.807) is 13.0 Å². The highest BCUT2D eigenvalue weighted by atomic mass is 35.5. The van der Waals surface area contributed by atoms with E-state index in [0.29, 0.717) is 16.8 Å². The molecule has 0 atom stereocenters. The summed E-state index contributed by atoms with van der Waals surface area (Å²) in [5.74, 6) is 0. The van der Waals surface area contributed by atoms with Crippen LogP contribution >= 0.6 is 11.6 Å². The molecule has 2 aromatic rings. The van der Waals surface area contributed by atoms with Gasteiger partial charge in [-0.1, -0.05) is 17.7 Å². The van der Waals surface area contributed by atoms with Crippen LogP contribution in [0.5, 0.6) is 0 Å². The number of halogens is 1. The van der Waals surface area contributed by atoms with Crippen LogP contribution in [0.4, 0.5) is 5.69 Å². The van der Waals surface area contributed by atoms with E-state index in [4.69, 9.17) is 11.6 Å². The normalized spacial score (nSPS) is 10.3. The number of benzene rings is 1. The zero-order valence-corrected chi connectivity index (χ0v) is 10.1. The average Bonchev–Trinajstić information content (AvgIpc) is 2.30. The van der Waals surface area contributed by atoms with E-state index in [9.17, 15) is 14.9 Å². The molecule has 0 aliphatic heterocycles. The van der Waals surface area contributed by atoms with Crippen LogP contribution in [0.3, 0.4) is 0 Å². The van der Waals surface area contributed by atoms with Crippen molar-refractivity contribution in [1.82, 2.24) is 10.2 Å². The Hall–Kier alpha value is -2.21. The van der Waals surface area contributed by atoms with E-state index in [-0.39, 0.29) is 16.3 Å². The van der Waals surface area contributed by atoms with Gasteiger partial charge in [0.1, 0.15) is 5.02 Å². The Morgan fingerprint density at radius 1 is 1.39 bits per heavy atom. The zero-order chi connectivity index (χ0) is 13.3. The molecule has 0 bridgehead atoms. The first kappa shape index (κ1) is 12.3. The fourth-order valence-corrected chi connectivity index (χ4v) is 1.78. The number of nitrogens with one attached hydrogen (secondary N) is 1. The molecular weight excluding hydrogens is 258 g/mol. The molecule has 0 aliphatic carbocycles. The quantitative estimate of drug-likeness (QED) is 0.666. The van der Waals surface area contributed by atoms with Crippen LogP contribution in [-0.4, -0.2) is 15.1 Å². The van der Waals surface area contributed by atoms with Crippen molar-refractivity contribution in [2.24, 2.45) is 0 Å². The van der Waals surface area contributed by atoms with E-state index in [1.165, 1.54) is 18.2 Å². The SMILES string of the molecule is Cc1cc(=O)[nH]nc1-c1ccc(Cl)c([N+](=O)[O-])c1. The Morgan fingerprint density at radius 3 is 2.72 bits per heavy atom. The van der Waals surface area contributed by atoms with Crippen molar-refractivity contribution in [3.05, 3.63) is 55.3 Å². The monoisotopic (exact) mass is 265 g/mol. The molecule has 0 unspecified atom stereocenters. The maximum atomic E-state index is 11.1. The molecule has 18 heavy (non-hydrogen) atoms. The van der Waals surface area contributed by atoms with Crippen LogP contribution in [0.15, 0.2) is 29.1 Å². The Bertz CT molecular complexity index is 681. The third-order valence-corrected chi connectivity index (χ3v) is 2.73. The lowest BCUT2D eigenvalue weighted by molar-refractivity contribution is -0.384. The van der Waals surface area contributed by atoms with Gasteiger partial charge >= 0.3 is 0 Å². The van der Waals surface area contributed by atoms with Crippen molar-refractivity contribution in [2.45, 2.75) is 6.92 Å². The van der Waals surface area contributed by atoms with Gasteiger partial charge in [0.15, 0.2) is 0 Å². The summed E-state index contributed by atoms with van der Waals surface area (Å²) in [6, 6.07) is 5.75. The van der Waals surface area contributed by atoms with Gasteiger partial charge in [-0.3, -0.25) is 14.9 Å². The molecule has 2 rings (SSSR count). The van der Waals surface area contributed by atoms with Gasteiger partial charge in [0.05, 0.1) is 10.6 Å². The Kier molecular flexibility index (Phi) is 3.12. The predicted molar refractivity (Wildman–Crippen MR) is 66.7 cm³/mol. The van der Waals surface area contributed by atoms with Gasteiger partial charge in [-0.05, 0) is 18.6 Å². The smallest absolute Gasteiger partial charge is 0.268 e. The van der Waals surface area contributed by atoms with Crippen molar-refractivity contribution in [1.29, 1.82) is 0 Å². The van der Waals surface area contributed by atoms with Gasteiger partial charge in [-0.15, -0.1) is 0 Å². The molecule has 7 heteroatoms. The number of aromatic amines is 1. The van der Waals surface area contributed by atoms with Crippen molar-refractivity contribution >= 4 is 17.3 Å². The molecule has 0 radical (unpaired) electrons. The standard InChI is InChI=1S/C11H8ClN3O3/c1-6-4-10(16)13-14-11(6)7-2-3-8(12)9(5-7)15(17)18/h2-5H,1H3,(H,13,16). The zero-order valence-electron chi connectivity index (χ0n) is 9.31. The van der Waals surface area contributed by atoms with Crippen LogP contribution in [0.2, 0.25) is 5.02 Å². The number of nitro benzene ring substituents is 1. The highest BCUT2D eigenvalue weighted by Gasteiger charge is 2.15. The Morgan fingerprint density at radius 2 is 2.11 bits per heavy atom. The molecular formula is C11H8ClN3O3. The molecule has 0 spiro atoms. The third-order valence-electron chi connectivity index (χ3n) is 2.42. The lowest BCUT2D eigenvalue weighted by atomic mass is 10.1. The van der Waals surface area contributed by atoms with Crippen LogP contribution in [0, 0.1) is 17.0 Å².